The maximum atomic E-state index is 14.0. The number of ether oxygens (including phenoxy) is 3. The third kappa shape index (κ3) is 4.19. The molecule has 0 radical (unpaired) electrons. The zero-order valence-electron chi connectivity index (χ0n) is 20.4. The number of thioether (sulfide) groups is 1. The van der Waals surface area contributed by atoms with E-state index in [1.165, 1.54) is 11.8 Å². The predicted octanol–water partition coefficient (Wildman–Crippen LogP) is 4.83. The Kier molecular flexibility index (Phi) is 6.46. The molecule has 2 aliphatic rings. The second-order valence-electron chi connectivity index (χ2n) is 9.79. The topological polar surface area (TPSA) is 85.3 Å². The molecule has 0 spiro atoms. The minimum absolute atomic E-state index is 0.202. The molecule has 0 aromatic heterocycles. The average Bonchev–Trinajstić information content (AvgIpc) is 2.88. The highest BCUT2D eigenvalue weighted by molar-refractivity contribution is 8.01. The minimum Gasteiger partial charge on any atom is -0.493 e. The molecule has 1 N–H and O–H groups in total. The van der Waals surface area contributed by atoms with Crippen molar-refractivity contribution in [3.05, 3.63) is 47.0 Å². The number of amides is 1. The number of rotatable bonds is 5. The van der Waals surface area contributed by atoms with Gasteiger partial charge in [0, 0.05) is 5.56 Å². The first-order valence-electron chi connectivity index (χ1n) is 11.2. The number of aryl methyl sites for hydroxylation is 1. The first-order chi connectivity index (χ1) is 16.1. The van der Waals surface area contributed by atoms with Crippen molar-refractivity contribution in [3.63, 3.8) is 0 Å². The number of hydrogen-bond acceptors (Lipinski definition) is 6. The summed E-state index contributed by atoms with van der Waals surface area (Å²) in [6.07, 6.45) is -0.275. The van der Waals surface area contributed by atoms with Crippen molar-refractivity contribution in [2.45, 2.75) is 50.7 Å². The van der Waals surface area contributed by atoms with E-state index in [1.807, 2.05) is 31.2 Å². The van der Waals surface area contributed by atoms with Crippen molar-refractivity contribution in [1.82, 2.24) is 0 Å². The highest BCUT2D eigenvalue weighted by atomic mass is 32.2. The molecule has 3 atom stereocenters. The Morgan fingerprint density at radius 3 is 2.56 bits per heavy atom. The lowest BCUT2D eigenvalue weighted by Crippen LogP contribution is -2.55. The second kappa shape index (κ2) is 9.06. The Labute approximate surface area is 204 Å². The van der Waals surface area contributed by atoms with Crippen LogP contribution in [0.25, 0.3) is 0 Å². The standard InChI is InChI=1S/C26H31NO6S/c1-14-10-16-22-18(11-14)33-13-20(26(2,3)4)27(22)25(30)19(12-21(28)29)34-24(16)15-8-7-9-17(31-5)23(15)32-6/h7-11,19-20,24H,12-13H2,1-6H3,(H,28,29). The van der Waals surface area contributed by atoms with Crippen LogP contribution in [0, 0.1) is 12.3 Å². The predicted molar refractivity (Wildman–Crippen MR) is 132 cm³/mol. The molecule has 0 aliphatic carbocycles. The van der Waals surface area contributed by atoms with E-state index in [1.54, 1.807) is 19.1 Å². The normalized spacial score (nSPS) is 21.9. The lowest BCUT2D eigenvalue weighted by atomic mass is 9.84. The van der Waals surface area contributed by atoms with Gasteiger partial charge < -0.3 is 24.2 Å². The summed E-state index contributed by atoms with van der Waals surface area (Å²) in [7, 11) is 3.16. The van der Waals surface area contributed by atoms with Crippen molar-refractivity contribution in [2.24, 2.45) is 5.41 Å². The lowest BCUT2D eigenvalue weighted by Gasteiger charge is -2.44. The van der Waals surface area contributed by atoms with Crippen molar-refractivity contribution >= 4 is 29.3 Å². The molecule has 8 heteroatoms. The minimum atomic E-state index is -1.01. The van der Waals surface area contributed by atoms with Crippen LogP contribution in [0.3, 0.4) is 0 Å². The molecule has 0 saturated carbocycles. The molecule has 4 rings (SSSR count). The summed E-state index contributed by atoms with van der Waals surface area (Å²) in [5.41, 5.74) is 3.17. The number of benzene rings is 2. The van der Waals surface area contributed by atoms with E-state index in [-0.39, 0.29) is 29.0 Å². The van der Waals surface area contributed by atoms with Crippen LogP contribution < -0.4 is 19.1 Å². The summed E-state index contributed by atoms with van der Waals surface area (Å²) >= 11 is 1.35. The van der Waals surface area contributed by atoms with E-state index >= 15 is 0 Å². The SMILES string of the molecule is COc1cccc(C2SC(CC(=O)O)C(=O)N3c4c(cc(C)cc42)OCC3C(C)(C)C)c1OC. The van der Waals surface area contributed by atoms with E-state index in [2.05, 4.69) is 26.8 Å². The van der Waals surface area contributed by atoms with Gasteiger partial charge in [-0.1, -0.05) is 39.0 Å². The largest absolute Gasteiger partial charge is 0.493 e. The van der Waals surface area contributed by atoms with Crippen molar-refractivity contribution < 1.29 is 28.9 Å². The fourth-order valence-corrected chi connectivity index (χ4v) is 6.20. The molecule has 2 aromatic carbocycles. The first kappa shape index (κ1) is 24.3. The van der Waals surface area contributed by atoms with Crippen LogP contribution in [-0.2, 0) is 9.59 Å². The summed E-state index contributed by atoms with van der Waals surface area (Å²) in [6.45, 7) is 8.55. The van der Waals surface area contributed by atoms with Gasteiger partial charge in [-0.3, -0.25) is 9.59 Å². The molecule has 2 heterocycles. The number of aliphatic carboxylic acids is 1. The van der Waals surface area contributed by atoms with Gasteiger partial charge in [0.2, 0.25) is 5.91 Å². The molecular formula is C26H31NO6S. The average molecular weight is 486 g/mol. The molecule has 0 saturated heterocycles. The number of carboxylic acid groups (broad SMARTS) is 1. The van der Waals surface area contributed by atoms with Gasteiger partial charge in [0.1, 0.15) is 12.4 Å². The van der Waals surface area contributed by atoms with Crippen molar-refractivity contribution in [3.8, 4) is 17.2 Å². The van der Waals surface area contributed by atoms with Crippen molar-refractivity contribution in [2.75, 3.05) is 25.7 Å². The number of anilines is 1. The maximum absolute atomic E-state index is 14.0. The van der Waals surface area contributed by atoms with E-state index in [9.17, 15) is 14.7 Å². The fraction of sp³-hybridized carbons (Fsp3) is 0.462. The number of hydrogen-bond donors (Lipinski definition) is 1. The van der Waals surface area contributed by atoms with Gasteiger partial charge in [-0.15, -0.1) is 11.8 Å². The third-order valence-electron chi connectivity index (χ3n) is 6.37. The molecule has 2 aliphatic heterocycles. The lowest BCUT2D eigenvalue weighted by molar-refractivity contribution is -0.138. The second-order valence-corrected chi connectivity index (χ2v) is 11.1. The van der Waals surface area contributed by atoms with E-state index < -0.39 is 11.2 Å². The molecule has 182 valence electrons. The Bertz CT molecular complexity index is 1130. The highest BCUT2D eigenvalue weighted by Crippen LogP contribution is 2.55. The number of nitrogens with zero attached hydrogens (tertiary/aromatic N) is 1. The maximum Gasteiger partial charge on any atom is 0.305 e. The summed E-state index contributed by atoms with van der Waals surface area (Å²) < 4.78 is 17.5. The van der Waals surface area contributed by atoms with Gasteiger partial charge in [0.15, 0.2) is 11.5 Å². The van der Waals surface area contributed by atoms with Gasteiger partial charge in [-0.25, -0.2) is 0 Å². The Balaban J connectivity index is 2.01. The number of carbonyl (C=O) groups excluding carboxylic acids is 1. The smallest absolute Gasteiger partial charge is 0.305 e. The zero-order chi connectivity index (χ0) is 24.8. The highest BCUT2D eigenvalue weighted by Gasteiger charge is 2.47. The van der Waals surface area contributed by atoms with Crippen LogP contribution in [0.2, 0.25) is 0 Å². The number of para-hydroxylation sites is 1. The monoisotopic (exact) mass is 485 g/mol. The molecule has 0 bridgehead atoms. The van der Waals surface area contributed by atoms with Gasteiger partial charge in [0.05, 0.1) is 42.9 Å². The number of methoxy groups -OCH3 is 2. The van der Waals surface area contributed by atoms with Crippen LogP contribution >= 0.6 is 11.8 Å². The number of carbonyl (C=O) groups is 2. The molecule has 2 aromatic rings. The molecule has 7 nitrogen and oxygen atoms in total. The summed E-state index contributed by atoms with van der Waals surface area (Å²) in [6, 6.07) is 9.41. The van der Waals surface area contributed by atoms with E-state index in [4.69, 9.17) is 14.2 Å². The van der Waals surface area contributed by atoms with E-state index in [0.29, 0.717) is 23.9 Å². The zero-order valence-corrected chi connectivity index (χ0v) is 21.2. The number of carboxylic acids is 1. The fourth-order valence-electron chi connectivity index (χ4n) is 4.74. The summed E-state index contributed by atoms with van der Waals surface area (Å²) in [5, 5.41) is 8.54. The van der Waals surface area contributed by atoms with Gasteiger partial charge in [-0.05, 0) is 35.6 Å². The van der Waals surface area contributed by atoms with Gasteiger partial charge in [0.25, 0.3) is 0 Å². The molecule has 1 amide bonds. The van der Waals surface area contributed by atoms with Crippen LogP contribution in [0.15, 0.2) is 30.3 Å². The van der Waals surface area contributed by atoms with Crippen LogP contribution in [0.5, 0.6) is 17.2 Å². The van der Waals surface area contributed by atoms with Crippen LogP contribution in [-0.4, -0.2) is 49.1 Å². The Morgan fingerprint density at radius 1 is 1.21 bits per heavy atom. The molecule has 34 heavy (non-hydrogen) atoms. The van der Waals surface area contributed by atoms with Gasteiger partial charge >= 0.3 is 5.97 Å². The van der Waals surface area contributed by atoms with Crippen molar-refractivity contribution in [1.29, 1.82) is 0 Å². The Morgan fingerprint density at radius 2 is 1.94 bits per heavy atom. The van der Waals surface area contributed by atoms with E-state index in [0.717, 1.165) is 22.4 Å². The molecule has 3 unspecified atom stereocenters. The summed E-state index contributed by atoms with van der Waals surface area (Å²) in [4.78, 5) is 27.6. The van der Waals surface area contributed by atoms with Gasteiger partial charge in [-0.2, -0.15) is 0 Å². The Hall–Kier alpha value is -2.87. The van der Waals surface area contributed by atoms with Crippen LogP contribution in [0.4, 0.5) is 5.69 Å². The molecule has 0 fully saturated rings. The van der Waals surface area contributed by atoms with Crippen LogP contribution in [0.1, 0.15) is 49.1 Å². The first-order valence-corrected chi connectivity index (χ1v) is 12.2. The summed E-state index contributed by atoms with van der Waals surface area (Å²) in [5.74, 6) is 0.578. The quantitative estimate of drug-likeness (QED) is 0.649. The molecular weight excluding hydrogens is 454 g/mol. The third-order valence-corrected chi connectivity index (χ3v) is 7.85.